The van der Waals surface area contributed by atoms with Gasteiger partial charge >= 0.3 is 0 Å². The topological polar surface area (TPSA) is 47.6 Å². The van der Waals surface area contributed by atoms with E-state index in [9.17, 15) is 4.79 Å². The van der Waals surface area contributed by atoms with E-state index in [1.165, 1.54) is 0 Å². The number of nitrogens with one attached hydrogen (secondary N) is 1. The molecule has 1 fully saturated rings. The standard InChI is InChI=1S/C19H21NO3/c21-19(20-13-12-16-7-4-14-22-16)15-8-10-18(11-9-15)23-17-5-2-1-3-6-17/h1-3,5-6,8-11,16H,4,7,12-14H2,(H,20,21). The van der Waals surface area contributed by atoms with Gasteiger partial charge in [-0.3, -0.25) is 4.79 Å². The number of hydrogen-bond acceptors (Lipinski definition) is 3. The SMILES string of the molecule is O=C(NCCC1CCCO1)c1ccc(Oc2ccccc2)cc1. The average molecular weight is 311 g/mol. The van der Waals surface area contributed by atoms with Gasteiger partial charge in [0, 0.05) is 18.7 Å². The Morgan fingerprint density at radius 2 is 1.83 bits per heavy atom. The first kappa shape index (κ1) is 15.6. The molecule has 0 aromatic heterocycles. The molecule has 1 unspecified atom stereocenters. The Bertz CT molecular complexity index is 619. The summed E-state index contributed by atoms with van der Waals surface area (Å²) in [6, 6.07) is 16.7. The molecule has 2 aromatic rings. The normalized spacial score (nSPS) is 17.0. The molecular weight excluding hydrogens is 290 g/mol. The van der Waals surface area contributed by atoms with Crippen LogP contribution in [0.2, 0.25) is 0 Å². The van der Waals surface area contributed by atoms with Crippen LogP contribution in [-0.4, -0.2) is 25.2 Å². The molecule has 1 saturated heterocycles. The molecule has 0 bridgehead atoms. The van der Waals surface area contributed by atoms with E-state index >= 15 is 0 Å². The Morgan fingerprint density at radius 1 is 1.09 bits per heavy atom. The van der Waals surface area contributed by atoms with Crippen LogP contribution in [0.15, 0.2) is 54.6 Å². The molecule has 0 saturated carbocycles. The Labute approximate surface area is 136 Å². The van der Waals surface area contributed by atoms with E-state index in [4.69, 9.17) is 9.47 Å². The second-order valence-electron chi connectivity index (χ2n) is 5.62. The van der Waals surface area contributed by atoms with Crippen LogP contribution in [0.4, 0.5) is 0 Å². The second-order valence-corrected chi connectivity index (χ2v) is 5.62. The van der Waals surface area contributed by atoms with Gasteiger partial charge in [0.2, 0.25) is 0 Å². The summed E-state index contributed by atoms with van der Waals surface area (Å²) in [6.07, 6.45) is 3.40. The third-order valence-electron chi connectivity index (χ3n) is 3.87. The molecule has 0 aliphatic carbocycles. The molecule has 1 atom stereocenters. The quantitative estimate of drug-likeness (QED) is 0.883. The highest BCUT2D eigenvalue weighted by atomic mass is 16.5. The first-order chi connectivity index (χ1) is 11.3. The Kier molecular flexibility index (Phi) is 5.27. The Hall–Kier alpha value is -2.33. The van der Waals surface area contributed by atoms with Gasteiger partial charge in [0.25, 0.3) is 5.91 Å². The third-order valence-corrected chi connectivity index (χ3v) is 3.87. The van der Waals surface area contributed by atoms with Crippen molar-refractivity contribution in [3.63, 3.8) is 0 Å². The molecule has 0 radical (unpaired) electrons. The van der Waals surface area contributed by atoms with E-state index in [-0.39, 0.29) is 5.91 Å². The van der Waals surface area contributed by atoms with Crippen LogP contribution in [0.3, 0.4) is 0 Å². The van der Waals surface area contributed by atoms with Gasteiger partial charge in [-0.25, -0.2) is 0 Å². The smallest absolute Gasteiger partial charge is 0.251 e. The maximum atomic E-state index is 12.1. The number of carbonyl (C=O) groups excluding carboxylic acids is 1. The summed E-state index contributed by atoms with van der Waals surface area (Å²) in [6.45, 7) is 1.49. The second kappa shape index (κ2) is 7.79. The summed E-state index contributed by atoms with van der Waals surface area (Å²) >= 11 is 0. The maximum absolute atomic E-state index is 12.1. The molecule has 4 heteroatoms. The zero-order valence-corrected chi connectivity index (χ0v) is 13.0. The van der Waals surface area contributed by atoms with Crippen molar-refractivity contribution in [3.05, 3.63) is 60.2 Å². The minimum atomic E-state index is -0.0609. The highest BCUT2D eigenvalue weighted by Crippen LogP contribution is 2.21. The number of benzene rings is 2. The Morgan fingerprint density at radius 3 is 2.52 bits per heavy atom. The summed E-state index contributed by atoms with van der Waals surface area (Å²) in [7, 11) is 0. The van der Waals surface area contributed by atoms with Gasteiger partial charge in [0.15, 0.2) is 0 Å². The van der Waals surface area contributed by atoms with Crippen LogP contribution in [0, 0.1) is 0 Å². The summed E-state index contributed by atoms with van der Waals surface area (Å²) in [5.41, 5.74) is 0.637. The van der Waals surface area contributed by atoms with Gasteiger partial charge in [-0.2, -0.15) is 0 Å². The zero-order chi connectivity index (χ0) is 15.9. The van der Waals surface area contributed by atoms with Crippen LogP contribution < -0.4 is 10.1 Å². The van der Waals surface area contributed by atoms with Gasteiger partial charge in [-0.1, -0.05) is 18.2 Å². The van der Waals surface area contributed by atoms with Crippen LogP contribution in [0.5, 0.6) is 11.5 Å². The van der Waals surface area contributed by atoms with Gasteiger partial charge in [0.1, 0.15) is 11.5 Å². The van der Waals surface area contributed by atoms with E-state index in [2.05, 4.69) is 5.32 Å². The molecule has 120 valence electrons. The summed E-state index contributed by atoms with van der Waals surface area (Å²) in [5, 5.41) is 2.94. The number of rotatable bonds is 6. The molecule has 23 heavy (non-hydrogen) atoms. The fourth-order valence-electron chi connectivity index (χ4n) is 2.62. The molecule has 1 aliphatic rings. The first-order valence-electron chi connectivity index (χ1n) is 8.04. The fourth-order valence-corrected chi connectivity index (χ4v) is 2.62. The number of hydrogen-bond donors (Lipinski definition) is 1. The van der Waals surface area contributed by atoms with Crippen molar-refractivity contribution in [2.75, 3.05) is 13.2 Å². The highest BCUT2D eigenvalue weighted by molar-refractivity contribution is 5.94. The molecular formula is C19H21NO3. The summed E-state index contributed by atoms with van der Waals surface area (Å²) in [5.74, 6) is 1.43. The molecule has 1 heterocycles. The van der Waals surface area contributed by atoms with Gasteiger partial charge in [-0.15, -0.1) is 0 Å². The van der Waals surface area contributed by atoms with E-state index in [1.807, 2.05) is 42.5 Å². The fraction of sp³-hybridized carbons (Fsp3) is 0.316. The van der Waals surface area contributed by atoms with Crippen molar-refractivity contribution < 1.29 is 14.3 Å². The van der Waals surface area contributed by atoms with E-state index < -0.39 is 0 Å². The lowest BCUT2D eigenvalue weighted by molar-refractivity contribution is 0.0907. The molecule has 4 nitrogen and oxygen atoms in total. The number of para-hydroxylation sites is 1. The van der Waals surface area contributed by atoms with Crippen molar-refractivity contribution in [1.82, 2.24) is 5.32 Å². The minimum absolute atomic E-state index is 0.0609. The largest absolute Gasteiger partial charge is 0.457 e. The lowest BCUT2D eigenvalue weighted by Gasteiger charge is -2.10. The molecule has 1 aliphatic heterocycles. The predicted octanol–water partition coefficient (Wildman–Crippen LogP) is 3.78. The van der Waals surface area contributed by atoms with Crippen LogP contribution in [0.1, 0.15) is 29.6 Å². The maximum Gasteiger partial charge on any atom is 0.251 e. The molecule has 3 rings (SSSR count). The van der Waals surface area contributed by atoms with Gasteiger partial charge in [0.05, 0.1) is 6.10 Å². The van der Waals surface area contributed by atoms with Crippen molar-refractivity contribution in [3.8, 4) is 11.5 Å². The zero-order valence-electron chi connectivity index (χ0n) is 13.0. The average Bonchev–Trinajstić information content (AvgIpc) is 3.10. The van der Waals surface area contributed by atoms with Crippen molar-refractivity contribution in [2.45, 2.75) is 25.4 Å². The van der Waals surface area contributed by atoms with Crippen LogP contribution in [0.25, 0.3) is 0 Å². The molecule has 2 aromatic carbocycles. The number of amides is 1. The third kappa shape index (κ3) is 4.57. The predicted molar refractivity (Wildman–Crippen MR) is 88.9 cm³/mol. The van der Waals surface area contributed by atoms with Gasteiger partial charge in [-0.05, 0) is 55.7 Å². The van der Waals surface area contributed by atoms with Crippen molar-refractivity contribution in [1.29, 1.82) is 0 Å². The van der Waals surface area contributed by atoms with Gasteiger partial charge < -0.3 is 14.8 Å². The van der Waals surface area contributed by atoms with E-state index in [1.54, 1.807) is 12.1 Å². The number of ether oxygens (including phenoxy) is 2. The molecule has 0 spiro atoms. The Balaban J connectivity index is 1.49. The van der Waals surface area contributed by atoms with E-state index in [0.717, 1.165) is 31.6 Å². The lowest BCUT2D eigenvalue weighted by atomic mass is 10.1. The summed E-state index contributed by atoms with van der Waals surface area (Å²) in [4.78, 5) is 12.1. The van der Waals surface area contributed by atoms with Crippen molar-refractivity contribution in [2.24, 2.45) is 0 Å². The summed E-state index contributed by atoms with van der Waals surface area (Å²) < 4.78 is 11.3. The first-order valence-corrected chi connectivity index (χ1v) is 8.04. The highest BCUT2D eigenvalue weighted by Gasteiger charge is 2.15. The monoisotopic (exact) mass is 311 g/mol. The molecule has 1 amide bonds. The lowest BCUT2D eigenvalue weighted by Crippen LogP contribution is -2.26. The van der Waals surface area contributed by atoms with Crippen molar-refractivity contribution >= 4 is 5.91 Å². The van der Waals surface area contributed by atoms with Crippen LogP contribution >= 0.6 is 0 Å². The number of carbonyl (C=O) groups is 1. The van der Waals surface area contributed by atoms with Crippen LogP contribution in [-0.2, 0) is 4.74 Å². The minimum Gasteiger partial charge on any atom is -0.457 e. The molecule has 1 N–H and O–H groups in total. The van der Waals surface area contributed by atoms with E-state index in [0.29, 0.717) is 24.0 Å².